The van der Waals surface area contributed by atoms with E-state index in [1.54, 1.807) is 14.1 Å². The predicted octanol–water partition coefficient (Wildman–Crippen LogP) is -0.238. The number of hydrogen-bond donors (Lipinski definition) is 3. The molecule has 0 atom stereocenters. The molecule has 0 aromatic heterocycles. The molecule has 0 fully saturated rings. The van der Waals surface area contributed by atoms with Crippen LogP contribution in [0.2, 0.25) is 0 Å². The third-order valence-corrected chi connectivity index (χ3v) is 2.03. The Morgan fingerprint density at radius 3 is 2.18 bits per heavy atom. The lowest BCUT2D eigenvalue weighted by molar-refractivity contribution is -0.120. The molecule has 6 nitrogen and oxygen atoms in total. The molecule has 0 aromatic rings. The number of hydrogen-bond acceptors (Lipinski definition) is 3. The molecule has 0 aliphatic heterocycles. The van der Waals surface area contributed by atoms with Crippen molar-refractivity contribution in [1.82, 2.24) is 20.9 Å². The summed E-state index contributed by atoms with van der Waals surface area (Å²) >= 11 is 0. The average Bonchev–Trinajstić information content (AvgIpc) is 2.23. The lowest BCUT2D eigenvalue weighted by atomic mass is 10.3. The van der Waals surface area contributed by atoms with Gasteiger partial charge in [-0.2, -0.15) is 0 Å². The van der Waals surface area contributed by atoms with Gasteiger partial charge in [0.05, 0.1) is 0 Å². The van der Waals surface area contributed by atoms with E-state index in [1.165, 1.54) is 4.90 Å². The molecule has 0 saturated heterocycles. The third kappa shape index (κ3) is 9.62. The standard InChI is InChI=1S/C11H24N4O2/c1-9(2)12-6-5-10(16)13-7-8-14-11(17)15(3)4/h9,12H,5-8H2,1-4H3,(H,13,16)(H,14,17). The molecular weight excluding hydrogens is 220 g/mol. The zero-order valence-corrected chi connectivity index (χ0v) is 11.2. The van der Waals surface area contributed by atoms with E-state index in [4.69, 9.17) is 0 Å². The van der Waals surface area contributed by atoms with E-state index >= 15 is 0 Å². The molecule has 17 heavy (non-hydrogen) atoms. The Bertz CT molecular complexity index is 242. The number of amides is 3. The Balaban J connectivity index is 3.42. The van der Waals surface area contributed by atoms with E-state index in [0.29, 0.717) is 32.1 Å². The van der Waals surface area contributed by atoms with Gasteiger partial charge < -0.3 is 20.9 Å². The minimum absolute atomic E-state index is 0.00254. The summed E-state index contributed by atoms with van der Waals surface area (Å²) in [5, 5.41) is 8.57. The fraction of sp³-hybridized carbons (Fsp3) is 0.818. The van der Waals surface area contributed by atoms with Gasteiger partial charge in [0.15, 0.2) is 0 Å². The van der Waals surface area contributed by atoms with Crippen LogP contribution in [0.1, 0.15) is 20.3 Å². The molecule has 0 bridgehead atoms. The van der Waals surface area contributed by atoms with Gasteiger partial charge in [0, 0.05) is 46.2 Å². The van der Waals surface area contributed by atoms with Crippen molar-refractivity contribution >= 4 is 11.9 Å². The zero-order valence-electron chi connectivity index (χ0n) is 11.2. The van der Waals surface area contributed by atoms with Crippen molar-refractivity contribution in [3.05, 3.63) is 0 Å². The number of nitrogens with zero attached hydrogens (tertiary/aromatic N) is 1. The minimum Gasteiger partial charge on any atom is -0.354 e. The van der Waals surface area contributed by atoms with Crippen molar-refractivity contribution in [2.24, 2.45) is 0 Å². The van der Waals surface area contributed by atoms with Crippen LogP contribution in [-0.2, 0) is 4.79 Å². The van der Waals surface area contributed by atoms with Gasteiger partial charge in [-0.3, -0.25) is 4.79 Å². The van der Waals surface area contributed by atoms with Gasteiger partial charge in [-0.15, -0.1) is 0 Å². The van der Waals surface area contributed by atoms with Crippen LogP contribution in [0.3, 0.4) is 0 Å². The maximum Gasteiger partial charge on any atom is 0.316 e. The first-order valence-corrected chi connectivity index (χ1v) is 5.88. The van der Waals surface area contributed by atoms with Crippen molar-refractivity contribution in [2.75, 3.05) is 33.7 Å². The monoisotopic (exact) mass is 244 g/mol. The second kappa shape index (κ2) is 8.81. The molecular formula is C11H24N4O2. The van der Waals surface area contributed by atoms with Gasteiger partial charge in [0.25, 0.3) is 0 Å². The van der Waals surface area contributed by atoms with Crippen molar-refractivity contribution in [3.8, 4) is 0 Å². The maximum atomic E-state index is 11.3. The van der Waals surface area contributed by atoms with Crippen LogP contribution in [0.5, 0.6) is 0 Å². The molecule has 6 heteroatoms. The number of rotatable bonds is 7. The Morgan fingerprint density at radius 2 is 1.65 bits per heavy atom. The topological polar surface area (TPSA) is 73.5 Å². The van der Waals surface area contributed by atoms with Gasteiger partial charge in [0.2, 0.25) is 5.91 Å². The summed E-state index contributed by atoms with van der Waals surface area (Å²) in [5.74, 6) is -0.00254. The number of carbonyl (C=O) groups is 2. The SMILES string of the molecule is CC(C)NCCC(=O)NCCNC(=O)N(C)C. The quantitative estimate of drug-likeness (QED) is 0.541. The van der Waals surface area contributed by atoms with E-state index in [2.05, 4.69) is 16.0 Å². The molecule has 0 aliphatic rings. The second-order valence-corrected chi connectivity index (χ2v) is 4.34. The first-order chi connectivity index (χ1) is 7.93. The van der Waals surface area contributed by atoms with Crippen LogP contribution in [0.25, 0.3) is 0 Å². The van der Waals surface area contributed by atoms with Crippen LogP contribution in [0.15, 0.2) is 0 Å². The van der Waals surface area contributed by atoms with Crippen LogP contribution in [0, 0.1) is 0 Å². The molecule has 0 aliphatic carbocycles. The van der Waals surface area contributed by atoms with E-state index < -0.39 is 0 Å². The molecule has 0 rings (SSSR count). The summed E-state index contributed by atoms with van der Waals surface area (Å²) in [4.78, 5) is 23.9. The van der Waals surface area contributed by atoms with Gasteiger partial charge in [-0.1, -0.05) is 13.8 Å². The van der Waals surface area contributed by atoms with Gasteiger partial charge in [0.1, 0.15) is 0 Å². The second-order valence-electron chi connectivity index (χ2n) is 4.34. The molecule has 0 spiro atoms. The maximum absolute atomic E-state index is 11.3. The molecule has 0 unspecified atom stereocenters. The van der Waals surface area contributed by atoms with E-state index in [0.717, 1.165) is 0 Å². The highest BCUT2D eigenvalue weighted by Crippen LogP contribution is 1.81. The van der Waals surface area contributed by atoms with Crippen molar-refractivity contribution in [1.29, 1.82) is 0 Å². The lowest BCUT2D eigenvalue weighted by Crippen LogP contribution is -2.40. The summed E-state index contributed by atoms with van der Waals surface area (Å²) < 4.78 is 0. The largest absolute Gasteiger partial charge is 0.354 e. The Morgan fingerprint density at radius 1 is 1.06 bits per heavy atom. The highest BCUT2D eigenvalue weighted by molar-refractivity contribution is 5.76. The van der Waals surface area contributed by atoms with Gasteiger partial charge in [-0.25, -0.2) is 4.79 Å². The van der Waals surface area contributed by atoms with Crippen molar-refractivity contribution in [3.63, 3.8) is 0 Å². The summed E-state index contributed by atoms with van der Waals surface area (Å²) in [5.41, 5.74) is 0. The van der Waals surface area contributed by atoms with Crippen molar-refractivity contribution in [2.45, 2.75) is 26.3 Å². The first-order valence-electron chi connectivity index (χ1n) is 5.88. The molecule has 3 amide bonds. The molecule has 3 N–H and O–H groups in total. The van der Waals surface area contributed by atoms with Crippen LogP contribution in [-0.4, -0.2) is 56.6 Å². The summed E-state index contributed by atoms with van der Waals surface area (Å²) in [6.45, 7) is 5.65. The molecule has 0 radical (unpaired) electrons. The Hall–Kier alpha value is -1.30. The number of urea groups is 1. The third-order valence-electron chi connectivity index (χ3n) is 2.03. The normalized spacial score (nSPS) is 10.2. The number of nitrogens with one attached hydrogen (secondary N) is 3. The van der Waals surface area contributed by atoms with Crippen LogP contribution in [0.4, 0.5) is 4.79 Å². The summed E-state index contributed by atoms with van der Waals surface area (Å²) in [6, 6.07) is 0.239. The van der Waals surface area contributed by atoms with E-state index in [-0.39, 0.29) is 11.9 Å². The van der Waals surface area contributed by atoms with Gasteiger partial charge >= 0.3 is 6.03 Å². The summed E-state index contributed by atoms with van der Waals surface area (Å²) in [6.07, 6.45) is 0.458. The van der Waals surface area contributed by atoms with Crippen molar-refractivity contribution < 1.29 is 9.59 Å². The van der Waals surface area contributed by atoms with E-state index in [1.807, 2.05) is 13.8 Å². The average molecular weight is 244 g/mol. The molecule has 0 aromatic carbocycles. The Labute approximate surface area is 103 Å². The molecule has 0 saturated carbocycles. The fourth-order valence-electron chi connectivity index (χ4n) is 1.09. The van der Waals surface area contributed by atoms with Gasteiger partial charge in [-0.05, 0) is 0 Å². The van der Waals surface area contributed by atoms with E-state index in [9.17, 15) is 9.59 Å². The first kappa shape index (κ1) is 15.7. The number of carbonyl (C=O) groups excluding carboxylic acids is 2. The highest BCUT2D eigenvalue weighted by Gasteiger charge is 2.03. The zero-order chi connectivity index (χ0) is 13.3. The molecule has 100 valence electrons. The lowest BCUT2D eigenvalue weighted by Gasteiger charge is -2.12. The minimum atomic E-state index is -0.152. The predicted molar refractivity (Wildman–Crippen MR) is 67.9 cm³/mol. The Kier molecular flexibility index (Phi) is 8.13. The van der Waals surface area contributed by atoms with Crippen LogP contribution < -0.4 is 16.0 Å². The summed E-state index contributed by atoms with van der Waals surface area (Å²) in [7, 11) is 3.34. The van der Waals surface area contributed by atoms with Crippen LogP contribution >= 0.6 is 0 Å². The highest BCUT2D eigenvalue weighted by atomic mass is 16.2. The fourth-order valence-corrected chi connectivity index (χ4v) is 1.09. The smallest absolute Gasteiger partial charge is 0.316 e. The molecule has 0 heterocycles.